The Kier molecular flexibility index (Phi) is 4.07. The minimum atomic E-state index is -0.199. The highest BCUT2D eigenvalue weighted by Gasteiger charge is 2.34. The number of nitrogens with one attached hydrogen (secondary N) is 2. The molecule has 0 bridgehead atoms. The molecule has 3 heterocycles. The zero-order valence-corrected chi connectivity index (χ0v) is 11.6. The fourth-order valence-electron chi connectivity index (χ4n) is 3.18. The molecular formula is C13H22N4O3. The Morgan fingerprint density at radius 2 is 2.00 bits per heavy atom. The van der Waals surface area contributed by atoms with Gasteiger partial charge in [-0.15, -0.1) is 0 Å². The lowest BCUT2D eigenvalue weighted by Crippen LogP contribution is -2.55. The third-order valence-electron chi connectivity index (χ3n) is 4.33. The maximum atomic E-state index is 12.3. The third-order valence-corrected chi connectivity index (χ3v) is 4.33. The molecule has 0 radical (unpaired) electrons. The van der Waals surface area contributed by atoms with Gasteiger partial charge in [-0.25, -0.2) is 4.79 Å². The number of ether oxygens (including phenoxy) is 1. The topological polar surface area (TPSA) is 73.9 Å². The van der Waals surface area contributed by atoms with Gasteiger partial charge in [0, 0.05) is 38.8 Å². The van der Waals surface area contributed by atoms with Gasteiger partial charge in [-0.3, -0.25) is 4.79 Å². The van der Waals surface area contributed by atoms with E-state index in [-0.39, 0.29) is 24.0 Å². The highest BCUT2D eigenvalue weighted by molar-refractivity contribution is 5.82. The van der Waals surface area contributed by atoms with Crippen molar-refractivity contribution in [1.82, 2.24) is 20.4 Å². The lowest BCUT2D eigenvalue weighted by Gasteiger charge is -2.38. The van der Waals surface area contributed by atoms with Crippen molar-refractivity contribution in [2.24, 2.45) is 0 Å². The molecule has 0 spiro atoms. The molecule has 0 aromatic carbocycles. The van der Waals surface area contributed by atoms with Crippen molar-refractivity contribution >= 4 is 11.9 Å². The summed E-state index contributed by atoms with van der Waals surface area (Å²) in [5.41, 5.74) is 0. The molecule has 3 fully saturated rings. The van der Waals surface area contributed by atoms with Gasteiger partial charge in [0.05, 0.1) is 13.2 Å². The molecule has 112 valence electrons. The van der Waals surface area contributed by atoms with Gasteiger partial charge >= 0.3 is 6.03 Å². The van der Waals surface area contributed by atoms with Crippen LogP contribution in [0.3, 0.4) is 0 Å². The molecule has 1 unspecified atom stereocenters. The van der Waals surface area contributed by atoms with Crippen molar-refractivity contribution in [3.8, 4) is 0 Å². The number of piperidine rings is 1. The van der Waals surface area contributed by atoms with E-state index in [0.29, 0.717) is 13.2 Å². The Bertz CT molecular complexity index is 376. The van der Waals surface area contributed by atoms with E-state index in [2.05, 4.69) is 10.6 Å². The highest BCUT2D eigenvalue weighted by Crippen LogP contribution is 2.19. The minimum absolute atomic E-state index is 0.0390. The molecule has 3 saturated heterocycles. The van der Waals surface area contributed by atoms with Crippen molar-refractivity contribution in [3.63, 3.8) is 0 Å². The number of amides is 3. The monoisotopic (exact) mass is 282 g/mol. The normalized spacial score (nSPS) is 28.6. The zero-order chi connectivity index (χ0) is 13.9. The molecule has 3 aliphatic heterocycles. The fraction of sp³-hybridized carbons (Fsp3) is 0.846. The first-order valence-electron chi connectivity index (χ1n) is 7.40. The number of carbonyl (C=O) groups excluding carboxylic acids is 2. The first-order chi connectivity index (χ1) is 9.75. The molecule has 0 saturated carbocycles. The lowest BCUT2D eigenvalue weighted by atomic mass is 10.0. The number of hydrogen-bond acceptors (Lipinski definition) is 4. The van der Waals surface area contributed by atoms with Crippen LogP contribution in [0.25, 0.3) is 0 Å². The maximum Gasteiger partial charge on any atom is 0.317 e. The second-order valence-electron chi connectivity index (χ2n) is 5.56. The first-order valence-corrected chi connectivity index (χ1v) is 7.40. The fourth-order valence-corrected chi connectivity index (χ4v) is 3.18. The summed E-state index contributed by atoms with van der Waals surface area (Å²) in [7, 11) is 0. The van der Waals surface area contributed by atoms with Gasteiger partial charge in [0.25, 0.3) is 0 Å². The van der Waals surface area contributed by atoms with Crippen molar-refractivity contribution in [1.29, 1.82) is 0 Å². The molecule has 3 amide bonds. The molecule has 2 N–H and O–H groups in total. The Labute approximate surface area is 118 Å². The van der Waals surface area contributed by atoms with Crippen LogP contribution in [0, 0.1) is 0 Å². The van der Waals surface area contributed by atoms with Crippen LogP contribution in [0.2, 0.25) is 0 Å². The van der Waals surface area contributed by atoms with Crippen LogP contribution in [0.4, 0.5) is 4.79 Å². The molecule has 7 heteroatoms. The second-order valence-corrected chi connectivity index (χ2v) is 5.56. The first kappa shape index (κ1) is 13.6. The Morgan fingerprint density at radius 3 is 2.60 bits per heavy atom. The number of urea groups is 1. The van der Waals surface area contributed by atoms with E-state index in [4.69, 9.17) is 4.74 Å². The Morgan fingerprint density at radius 1 is 1.20 bits per heavy atom. The number of carbonyl (C=O) groups is 2. The molecule has 0 aliphatic carbocycles. The van der Waals surface area contributed by atoms with E-state index in [1.807, 2.05) is 9.80 Å². The Hall–Kier alpha value is -1.34. The summed E-state index contributed by atoms with van der Waals surface area (Å²) in [6, 6.07) is 0.115. The van der Waals surface area contributed by atoms with E-state index in [0.717, 1.165) is 45.6 Å². The van der Waals surface area contributed by atoms with Crippen LogP contribution in [0.1, 0.15) is 12.8 Å². The van der Waals surface area contributed by atoms with Gasteiger partial charge < -0.3 is 25.2 Å². The lowest BCUT2D eigenvalue weighted by molar-refractivity contribution is -0.137. The quantitative estimate of drug-likeness (QED) is 0.681. The largest absolute Gasteiger partial charge is 0.378 e. The van der Waals surface area contributed by atoms with E-state index in [1.54, 1.807) is 0 Å². The molecule has 3 rings (SSSR count). The van der Waals surface area contributed by atoms with Crippen LogP contribution >= 0.6 is 0 Å². The van der Waals surface area contributed by atoms with Crippen molar-refractivity contribution in [2.75, 3.05) is 45.9 Å². The predicted octanol–water partition coefficient (Wildman–Crippen LogP) is -1.01. The van der Waals surface area contributed by atoms with E-state index in [1.165, 1.54) is 0 Å². The van der Waals surface area contributed by atoms with E-state index in [9.17, 15) is 9.59 Å². The zero-order valence-electron chi connectivity index (χ0n) is 11.6. The summed E-state index contributed by atoms with van der Waals surface area (Å²) >= 11 is 0. The summed E-state index contributed by atoms with van der Waals surface area (Å²) < 4.78 is 5.34. The molecule has 0 aromatic heterocycles. The van der Waals surface area contributed by atoms with Crippen molar-refractivity contribution < 1.29 is 14.3 Å². The number of rotatable bonds is 2. The van der Waals surface area contributed by atoms with Gasteiger partial charge in [0.2, 0.25) is 5.91 Å². The molecule has 20 heavy (non-hydrogen) atoms. The van der Waals surface area contributed by atoms with Gasteiger partial charge in [0.15, 0.2) is 0 Å². The molecule has 1 atom stereocenters. The number of morpholine rings is 1. The number of nitrogens with zero attached hydrogens (tertiary/aromatic N) is 2. The molecule has 7 nitrogen and oxygen atoms in total. The van der Waals surface area contributed by atoms with Gasteiger partial charge in [-0.1, -0.05) is 0 Å². The van der Waals surface area contributed by atoms with Crippen LogP contribution in [-0.4, -0.2) is 79.8 Å². The van der Waals surface area contributed by atoms with Crippen LogP contribution in [-0.2, 0) is 9.53 Å². The van der Waals surface area contributed by atoms with Crippen LogP contribution in [0.15, 0.2) is 0 Å². The SMILES string of the molecule is O=C(C1COCCN1)N1CCC(N2CCNC2=O)CC1. The Balaban J connectivity index is 1.50. The van der Waals surface area contributed by atoms with Crippen molar-refractivity contribution in [3.05, 3.63) is 0 Å². The maximum absolute atomic E-state index is 12.3. The average molecular weight is 282 g/mol. The van der Waals surface area contributed by atoms with Crippen LogP contribution in [0.5, 0.6) is 0 Å². The predicted molar refractivity (Wildman–Crippen MR) is 72.3 cm³/mol. The standard InChI is InChI=1S/C13H22N4O3/c18-12(11-9-20-8-4-14-11)16-5-1-10(2-6-16)17-7-3-15-13(17)19/h10-11,14H,1-9H2,(H,15,19). The minimum Gasteiger partial charge on any atom is -0.378 e. The number of likely N-dealkylation sites (tertiary alicyclic amines) is 1. The summed E-state index contributed by atoms with van der Waals surface area (Å²) in [6.07, 6.45) is 1.74. The highest BCUT2D eigenvalue weighted by atomic mass is 16.5. The van der Waals surface area contributed by atoms with E-state index >= 15 is 0 Å². The molecule has 0 aromatic rings. The van der Waals surface area contributed by atoms with E-state index < -0.39 is 0 Å². The van der Waals surface area contributed by atoms with Crippen molar-refractivity contribution in [2.45, 2.75) is 24.9 Å². The summed E-state index contributed by atoms with van der Waals surface area (Å²) in [4.78, 5) is 27.8. The molecular weight excluding hydrogens is 260 g/mol. The van der Waals surface area contributed by atoms with Crippen LogP contribution < -0.4 is 10.6 Å². The summed E-state index contributed by atoms with van der Waals surface area (Å²) in [5.74, 6) is 0.133. The summed E-state index contributed by atoms with van der Waals surface area (Å²) in [5, 5.41) is 6.03. The smallest absolute Gasteiger partial charge is 0.317 e. The van der Waals surface area contributed by atoms with Gasteiger partial charge in [0.1, 0.15) is 6.04 Å². The molecule has 3 aliphatic rings. The second kappa shape index (κ2) is 5.97. The number of hydrogen-bond donors (Lipinski definition) is 2. The summed E-state index contributed by atoms with van der Waals surface area (Å²) in [6.45, 7) is 4.86. The van der Waals surface area contributed by atoms with Gasteiger partial charge in [-0.05, 0) is 12.8 Å². The average Bonchev–Trinajstić information content (AvgIpc) is 2.94. The third kappa shape index (κ3) is 2.73. The van der Waals surface area contributed by atoms with Gasteiger partial charge in [-0.2, -0.15) is 0 Å².